The number of hydrogen-bond acceptors (Lipinski definition) is 3. The van der Waals surface area contributed by atoms with Gasteiger partial charge in [0.1, 0.15) is 12.6 Å². The van der Waals surface area contributed by atoms with Crippen molar-refractivity contribution in [1.29, 1.82) is 0 Å². The highest BCUT2D eigenvalue weighted by Crippen LogP contribution is 2.11. The molecular formula is C11H17N2O3+. The molecule has 1 unspecified atom stereocenters. The van der Waals surface area contributed by atoms with Gasteiger partial charge in [-0.3, -0.25) is 10.1 Å². The van der Waals surface area contributed by atoms with Gasteiger partial charge in [-0.2, -0.15) is 0 Å². The second-order valence-electron chi connectivity index (χ2n) is 3.80. The zero-order valence-electron chi connectivity index (χ0n) is 9.55. The lowest BCUT2D eigenvalue weighted by Crippen LogP contribution is -2.88. The highest BCUT2D eigenvalue weighted by atomic mass is 16.6. The van der Waals surface area contributed by atoms with Crippen LogP contribution in [0.5, 0.6) is 0 Å². The van der Waals surface area contributed by atoms with Crippen LogP contribution in [0.2, 0.25) is 0 Å². The molecule has 0 aliphatic carbocycles. The maximum Gasteiger partial charge on any atom is 0.269 e. The highest BCUT2D eigenvalue weighted by molar-refractivity contribution is 5.33. The van der Waals surface area contributed by atoms with Crippen molar-refractivity contribution in [3.8, 4) is 0 Å². The van der Waals surface area contributed by atoms with Crippen molar-refractivity contribution in [2.75, 3.05) is 13.7 Å². The van der Waals surface area contributed by atoms with Crippen LogP contribution in [-0.2, 0) is 11.3 Å². The molecule has 0 aromatic heterocycles. The van der Waals surface area contributed by atoms with Gasteiger partial charge >= 0.3 is 0 Å². The maximum atomic E-state index is 10.6. The molecule has 2 N–H and O–H groups in total. The van der Waals surface area contributed by atoms with Crippen molar-refractivity contribution < 1.29 is 15.0 Å². The molecule has 0 amide bonds. The van der Waals surface area contributed by atoms with Gasteiger partial charge in [0.25, 0.3) is 5.69 Å². The van der Waals surface area contributed by atoms with Crippen molar-refractivity contribution >= 4 is 5.69 Å². The van der Waals surface area contributed by atoms with Crippen LogP contribution in [0.15, 0.2) is 24.3 Å². The number of hydrogen-bond donors (Lipinski definition) is 1. The Morgan fingerprint density at radius 3 is 2.94 bits per heavy atom. The Morgan fingerprint density at radius 2 is 2.31 bits per heavy atom. The van der Waals surface area contributed by atoms with Crippen LogP contribution in [0.25, 0.3) is 0 Å². The van der Waals surface area contributed by atoms with Crippen LogP contribution < -0.4 is 5.32 Å². The second-order valence-corrected chi connectivity index (χ2v) is 3.80. The molecule has 88 valence electrons. The molecule has 0 aliphatic heterocycles. The molecule has 1 aromatic rings. The number of rotatable bonds is 6. The smallest absolute Gasteiger partial charge is 0.269 e. The molecule has 0 aliphatic rings. The normalized spacial score (nSPS) is 12.4. The summed E-state index contributed by atoms with van der Waals surface area (Å²) in [5.74, 6) is 0. The third-order valence-electron chi connectivity index (χ3n) is 2.31. The van der Waals surface area contributed by atoms with Crippen LogP contribution in [0, 0.1) is 10.1 Å². The Morgan fingerprint density at radius 1 is 1.56 bits per heavy atom. The number of nitro groups is 1. The number of quaternary nitrogens is 1. The number of non-ortho nitro benzene ring substituents is 1. The minimum Gasteiger partial charge on any atom is -0.379 e. The van der Waals surface area contributed by atoms with E-state index in [4.69, 9.17) is 4.74 Å². The summed E-state index contributed by atoms with van der Waals surface area (Å²) in [7, 11) is 1.66. The lowest BCUT2D eigenvalue weighted by molar-refractivity contribution is -0.702. The predicted molar refractivity (Wildman–Crippen MR) is 60.1 cm³/mol. The van der Waals surface area contributed by atoms with Crippen molar-refractivity contribution in [1.82, 2.24) is 0 Å². The summed E-state index contributed by atoms with van der Waals surface area (Å²) in [5, 5.41) is 12.7. The van der Waals surface area contributed by atoms with E-state index < -0.39 is 0 Å². The first-order chi connectivity index (χ1) is 7.63. The minimum atomic E-state index is -0.373. The average Bonchev–Trinajstić information content (AvgIpc) is 2.27. The van der Waals surface area contributed by atoms with E-state index in [1.807, 2.05) is 6.07 Å². The van der Waals surface area contributed by atoms with Gasteiger partial charge in [0.2, 0.25) is 0 Å². The largest absolute Gasteiger partial charge is 0.379 e. The van der Waals surface area contributed by atoms with Gasteiger partial charge in [-0.25, -0.2) is 0 Å². The molecule has 5 nitrogen and oxygen atoms in total. The van der Waals surface area contributed by atoms with E-state index in [0.717, 1.165) is 12.1 Å². The molecule has 1 rings (SSSR count). The topological polar surface area (TPSA) is 69.0 Å². The quantitative estimate of drug-likeness (QED) is 0.572. The summed E-state index contributed by atoms with van der Waals surface area (Å²) < 4.78 is 5.01. The summed E-state index contributed by atoms with van der Waals surface area (Å²) in [6.45, 7) is 3.46. The van der Waals surface area contributed by atoms with Crippen molar-refractivity contribution in [2.24, 2.45) is 0 Å². The van der Waals surface area contributed by atoms with Gasteiger partial charge in [-0.1, -0.05) is 12.1 Å². The van der Waals surface area contributed by atoms with E-state index in [0.29, 0.717) is 12.6 Å². The van der Waals surface area contributed by atoms with Crippen LogP contribution in [0.1, 0.15) is 12.5 Å². The Kier molecular flexibility index (Phi) is 4.88. The first kappa shape index (κ1) is 12.6. The minimum absolute atomic E-state index is 0.144. The SMILES string of the molecule is COCC(C)[NH2+]Cc1cccc([N+](=O)[O-])c1. The second kappa shape index (κ2) is 6.19. The molecule has 16 heavy (non-hydrogen) atoms. The fourth-order valence-electron chi connectivity index (χ4n) is 1.47. The first-order valence-electron chi connectivity index (χ1n) is 5.19. The molecule has 1 aromatic carbocycles. The Hall–Kier alpha value is -1.46. The monoisotopic (exact) mass is 225 g/mol. The number of methoxy groups -OCH3 is 1. The number of nitro benzene ring substituents is 1. The van der Waals surface area contributed by atoms with Gasteiger partial charge in [0, 0.05) is 24.8 Å². The molecule has 0 radical (unpaired) electrons. The summed E-state index contributed by atoms with van der Waals surface area (Å²) in [4.78, 5) is 10.2. The average molecular weight is 225 g/mol. The van der Waals surface area contributed by atoms with Crippen LogP contribution >= 0.6 is 0 Å². The highest BCUT2D eigenvalue weighted by Gasteiger charge is 2.08. The Labute approximate surface area is 94.6 Å². The molecular weight excluding hydrogens is 208 g/mol. The Bertz CT molecular complexity index is 355. The van der Waals surface area contributed by atoms with Gasteiger partial charge in [-0.05, 0) is 6.92 Å². The number of ether oxygens (including phenoxy) is 1. The van der Waals surface area contributed by atoms with Crippen LogP contribution in [0.3, 0.4) is 0 Å². The molecule has 0 fully saturated rings. The van der Waals surface area contributed by atoms with Gasteiger partial charge in [-0.15, -0.1) is 0 Å². The van der Waals surface area contributed by atoms with Crippen molar-refractivity contribution in [2.45, 2.75) is 19.5 Å². The van der Waals surface area contributed by atoms with Gasteiger partial charge in [0.15, 0.2) is 0 Å². The van der Waals surface area contributed by atoms with E-state index in [9.17, 15) is 10.1 Å². The zero-order chi connectivity index (χ0) is 12.0. The summed E-state index contributed by atoms with van der Waals surface area (Å²) in [6.07, 6.45) is 0. The fraction of sp³-hybridized carbons (Fsp3) is 0.455. The Balaban J connectivity index is 2.54. The predicted octanol–water partition coefficient (Wildman–Crippen LogP) is 0.693. The molecule has 0 saturated carbocycles. The third-order valence-corrected chi connectivity index (χ3v) is 2.31. The van der Waals surface area contributed by atoms with Gasteiger partial charge < -0.3 is 10.1 Å². The van der Waals surface area contributed by atoms with E-state index in [1.54, 1.807) is 19.2 Å². The summed E-state index contributed by atoms with van der Waals surface area (Å²) in [5.41, 5.74) is 1.10. The molecule has 0 spiro atoms. The van der Waals surface area contributed by atoms with Gasteiger partial charge in [0.05, 0.1) is 11.5 Å². The lowest BCUT2D eigenvalue weighted by atomic mass is 10.2. The summed E-state index contributed by atoms with van der Waals surface area (Å²) in [6, 6.07) is 7.06. The van der Waals surface area contributed by atoms with Crippen molar-refractivity contribution in [3.63, 3.8) is 0 Å². The maximum absolute atomic E-state index is 10.6. The molecule has 0 heterocycles. The number of nitrogens with two attached hydrogens (primary N) is 1. The third kappa shape index (κ3) is 3.96. The fourth-order valence-corrected chi connectivity index (χ4v) is 1.47. The molecule has 5 heteroatoms. The van der Waals surface area contributed by atoms with E-state index in [2.05, 4.69) is 12.2 Å². The van der Waals surface area contributed by atoms with Crippen LogP contribution in [0.4, 0.5) is 5.69 Å². The number of benzene rings is 1. The number of nitrogens with zero attached hydrogens (tertiary/aromatic N) is 1. The zero-order valence-corrected chi connectivity index (χ0v) is 9.55. The van der Waals surface area contributed by atoms with E-state index >= 15 is 0 Å². The molecule has 0 saturated heterocycles. The van der Waals surface area contributed by atoms with E-state index in [1.165, 1.54) is 6.07 Å². The first-order valence-corrected chi connectivity index (χ1v) is 5.19. The van der Waals surface area contributed by atoms with E-state index in [-0.39, 0.29) is 10.6 Å². The molecule has 1 atom stereocenters. The van der Waals surface area contributed by atoms with Crippen LogP contribution in [-0.4, -0.2) is 24.7 Å². The molecule has 0 bridgehead atoms. The standard InChI is InChI=1S/C11H16N2O3/c1-9(8-16-2)12-7-10-4-3-5-11(6-10)13(14)15/h3-6,9,12H,7-8H2,1-2H3/p+1. The summed E-state index contributed by atoms with van der Waals surface area (Å²) >= 11 is 0. The lowest BCUT2D eigenvalue weighted by Gasteiger charge is -2.09. The van der Waals surface area contributed by atoms with Crippen molar-refractivity contribution in [3.05, 3.63) is 39.9 Å².